The molecular formula is C41H44BrNO4. The van der Waals surface area contributed by atoms with E-state index in [9.17, 15) is 9.59 Å². The molecule has 0 radical (unpaired) electrons. The Kier molecular flexibility index (Phi) is 9.10. The predicted molar refractivity (Wildman–Crippen MR) is 190 cm³/mol. The zero-order valence-corrected chi connectivity index (χ0v) is 29.7. The van der Waals surface area contributed by atoms with E-state index in [2.05, 4.69) is 73.3 Å². The molecular weight excluding hydrogens is 650 g/mol. The Morgan fingerprint density at radius 1 is 0.851 bits per heavy atom. The molecule has 0 bridgehead atoms. The van der Waals surface area contributed by atoms with Gasteiger partial charge in [0.15, 0.2) is 23.1 Å². The Hall–Kier alpha value is -3.90. The third-order valence-electron chi connectivity index (χ3n) is 9.57. The van der Waals surface area contributed by atoms with Gasteiger partial charge in [0.25, 0.3) is 0 Å². The van der Waals surface area contributed by atoms with Gasteiger partial charge in [-0.15, -0.1) is 6.58 Å². The summed E-state index contributed by atoms with van der Waals surface area (Å²) >= 11 is 3.50. The minimum Gasteiger partial charge on any atom is -0.493 e. The average molecular weight is 695 g/mol. The van der Waals surface area contributed by atoms with Crippen molar-refractivity contribution in [2.45, 2.75) is 78.9 Å². The smallest absolute Gasteiger partial charge is 0.165 e. The Morgan fingerprint density at radius 3 is 2.00 bits per heavy atom. The average Bonchev–Trinajstić information content (AvgIpc) is 3.01. The SMILES string of the molecule is C=CCc1cc(C2C3=C(CC(C)(C)CC3=O)N(Cc3ccccc3)C3=C2C(=O)CC(C)(C)C3)cc(OC)c1OCc1ccc(Br)cc1. The maximum absolute atomic E-state index is 14.4. The third-order valence-corrected chi connectivity index (χ3v) is 10.1. The Bertz CT molecular complexity index is 1730. The van der Waals surface area contributed by atoms with Gasteiger partial charge in [-0.1, -0.05) is 98.2 Å². The number of nitrogens with zero attached hydrogens (tertiary/aromatic N) is 1. The Morgan fingerprint density at radius 2 is 1.45 bits per heavy atom. The van der Waals surface area contributed by atoms with Crippen LogP contribution in [0.25, 0.3) is 0 Å². The fourth-order valence-corrected chi connectivity index (χ4v) is 7.81. The zero-order chi connectivity index (χ0) is 33.5. The Labute approximate surface area is 287 Å². The van der Waals surface area contributed by atoms with Crippen molar-refractivity contribution in [1.82, 2.24) is 4.90 Å². The fourth-order valence-electron chi connectivity index (χ4n) is 7.55. The minimum absolute atomic E-state index is 0.114. The zero-order valence-electron chi connectivity index (χ0n) is 28.1. The van der Waals surface area contributed by atoms with Crippen molar-refractivity contribution in [3.8, 4) is 11.5 Å². The number of carbonyl (C=O) groups is 2. The van der Waals surface area contributed by atoms with Crippen LogP contribution in [-0.2, 0) is 29.2 Å². The molecule has 0 fully saturated rings. The third kappa shape index (κ3) is 6.76. The summed E-state index contributed by atoms with van der Waals surface area (Å²) in [5, 5.41) is 0. The van der Waals surface area contributed by atoms with Crippen LogP contribution in [0.4, 0.5) is 0 Å². The van der Waals surface area contributed by atoms with Gasteiger partial charge in [-0.25, -0.2) is 0 Å². The second-order valence-electron chi connectivity index (χ2n) is 14.7. The van der Waals surface area contributed by atoms with Crippen LogP contribution < -0.4 is 9.47 Å². The number of hydrogen-bond acceptors (Lipinski definition) is 5. The summed E-state index contributed by atoms with van der Waals surface area (Å²) in [6.07, 6.45) is 4.79. The highest BCUT2D eigenvalue weighted by molar-refractivity contribution is 9.10. The molecule has 3 aromatic carbocycles. The molecule has 0 atom stereocenters. The van der Waals surface area contributed by atoms with Gasteiger partial charge in [-0.2, -0.15) is 0 Å². The van der Waals surface area contributed by atoms with Crippen LogP contribution in [0.15, 0.2) is 106 Å². The van der Waals surface area contributed by atoms with Crippen LogP contribution >= 0.6 is 15.9 Å². The highest BCUT2D eigenvalue weighted by Crippen LogP contribution is 2.55. The largest absolute Gasteiger partial charge is 0.493 e. The van der Waals surface area contributed by atoms with Crippen molar-refractivity contribution >= 4 is 27.5 Å². The maximum atomic E-state index is 14.4. The number of rotatable bonds is 9. The van der Waals surface area contributed by atoms with Crippen molar-refractivity contribution in [2.24, 2.45) is 10.8 Å². The predicted octanol–water partition coefficient (Wildman–Crippen LogP) is 9.65. The van der Waals surface area contributed by atoms with E-state index in [0.29, 0.717) is 43.9 Å². The number of halogens is 1. The molecule has 0 saturated heterocycles. The van der Waals surface area contributed by atoms with Gasteiger partial charge in [0.05, 0.1) is 7.11 Å². The van der Waals surface area contributed by atoms with E-state index in [4.69, 9.17) is 9.47 Å². The first-order valence-corrected chi connectivity index (χ1v) is 17.2. The summed E-state index contributed by atoms with van der Waals surface area (Å²) in [7, 11) is 1.64. The summed E-state index contributed by atoms with van der Waals surface area (Å²) < 4.78 is 13.4. The van der Waals surface area contributed by atoms with Crippen molar-refractivity contribution < 1.29 is 19.1 Å². The van der Waals surface area contributed by atoms with Gasteiger partial charge in [-0.05, 0) is 65.0 Å². The minimum atomic E-state index is -0.475. The number of hydrogen-bond donors (Lipinski definition) is 0. The van der Waals surface area contributed by atoms with E-state index in [1.165, 1.54) is 0 Å². The topological polar surface area (TPSA) is 55.8 Å². The van der Waals surface area contributed by atoms with Crippen LogP contribution in [0.3, 0.4) is 0 Å². The molecule has 47 heavy (non-hydrogen) atoms. The molecule has 1 aliphatic heterocycles. The fraction of sp³-hybridized carbons (Fsp3) is 0.366. The van der Waals surface area contributed by atoms with Crippen molar-refractivity contribution in [3.05, 3.63) is 129 Å². The van der Waals surface area contributed by atoms with Crippen LogP contribution in [-0.4, -0.2) is 23.6 Å². The quantitative estimate of drug-likeness (QED) is 0.209. The first kappa shape index (κ1) is 33.0. The normalized spacial score (nSPS) is 19.0. The molecule has 3 aliphatic rings. The molecule has 0 unspecified atom stereocenters. The number of Topliss-reactive ketones (excluding diaryl/α,β-unsaturated/α-hetero) is 2. The lowest BCUT2D eigenvalue weighted by atomic mass is 9.63. The molecule has 0 amide bonds. The van der Waals surface area contributed by atoms with E-state index in [-0.39, 0.29) is 22.4 Å². The van der Waals surface area contributed by atoms with Gasteiger partial charge in [-0.3, -0.25) is 9.59 Å². The van der Waals surface area contributed by atoms with Gasteiger partial charge >= 0.3 is 0 Å². The summed E-state index contributed by atoms with van der Waals surface area (Å²) in [5.74, 6) is 0.986. The van der Waals surface area contributed by atoms with Gasteiger partial charge < -0.3 is 14.4 Å². The summed E-state index contributed by atoms with van der Waals surface area (Å²) in [4.78, 5) is 31.0. The molecule has 6 rings (SSSR count). The second-order valence-corrected chi connectivity index (χ2v) is 15.6. The number of ketones is 2. The lowest BCUT2D eigenvalue weighted by Crippen LogP contribution is -2.44. The number of benzene rings is 3. The first-order valence-electron chi connectivity index (χ1n) is 16.4. The monoisotopic (exact) mass is 693 g/mol. The molecule has 0 spiro atoms. The second kappa shape index (κ2) is 13.0. The molecule has 5 nitrogen and oxygen atoms in total. The van der Waals surface area contributed by atoms with E-state index in [1.807, 2.05) is 54.6 Å². The summed E-state index contributed by atoms with van der Waals surface area (Å²) in [6.45, 7) is 13.7. The first-order chi connectivity index (χ1) is 22.4. The van der Waals surface area contributed by atoms with E-state index in [0.717, 1.165) is 62.1 Å². The van der Waals surface area contributed by atoms with Gasteiger partial charge in [0.2, 0.25) is 0 Å². The summed E-state index contributed by atoms with van der Waals surface area (Å²) in [5.41, 5.74) is 7.18. The number of ether oxygens (including phenoxy) is 2. The number of carbonyl (C=O) groups excluding carboxylic acids is 2. The lowest BCUT2D eigenvalue weighted by Gasteiger charge is -2.49. The van der Waals surface area contributed by atoms with Crippen molar-refractivity contribution in [3.63, 3.8) is 0 Å². The van der Waals surface area contributed by atoms with E-state index < -0.39 is 5.92 Å². The molecule has 3 aromatic rings. The molecule has 0 N–H and O–H groups in total. The van der Waals surface area contributed by atoms with Crippen LogP contribution in [0.2, 0.25) is 0 Å². The van der Waals surface area contributed by atoms with Crippen LogP contribution in [0.1, 0.15) is 81.5 Å². The summed E-state index contributed by atoms with van der Waals surface area (Å²) in [6, 6.07) is 22.5. The molecule has 0 aromatic heterocycles. The standard InChI is InChI=1S/C41H44BrNO4/c1-7-11-28-18-29(19-35(46-6)39(28)47-25-27-14-16-30(42)17-15-27)36-37-31(20-40(2,3)22-33(37)44)43(24-26-12-9-8-10-13-26)32-21-41(4,5)23-34(45)38(32)36/h7-10,12-19,36H,1,11,20-25H2,2-6H3. The van der Waals surface area contributed by atoms with E-state index in [1.54, 1.807) is 7.11 Å². The highest BCUT2D eigenvalue weighted by atomic mass is 79.9. The lowest BCUT2D eigenvalue weighted by molar-refractivity contribution is -0.119. The van der Waals surface area contributed by atoms with Crippen LogP contribution in [0.5, 0.6) is 11.5 Å². The highest BCUT2D eigenvalue weighted by Gasteiger charge is 2.49. The van der Waals surface area contributed by atoms with Crippen molar-refractivity contribution in [2.75, 3.05) is 7.11 Å². The number of methoxy groups -OCH3 is 1. The Balaban J connectivity index is 1.53. The van der Waals surface area contributed by atoms with Gasteiger partial charge in [0.1, 0.15) is 6.61 Å². The van der Waals surface area contributed by atoms with E-state index >= 15 is 0 Å². The van der Waals surface area contributed by atoms with Gasteiger partial charge in [0, 0.05) is 57.9 Å². The molecule has 1 heterocycles. The molecule has 2 aliphatic carbocycles. The van der Waals surface area contributed by atoms with Crippen LogP contribution in [0, 0.1) is 10.8 Å². The molecule has 244 valence electrons. The number of allylic oxidation sites excluding steroid dienone is 5. The molecule has 0 saturated carbocycles. The maximum Gasteiger partial charge on any atom is 0.165 e. The molecule has 6 heteroatoms. The van der Waals surface area contributed by atoms with Crippen molar-refractivity contribution in [1.29, 1.82) is 0 Å².